The highest BCUT2D eigenvalue weighted by Crippen LogP contribution is 2.34. The van der Waals surface area contributed by atoms with Crippen LogP contribution in [0.2, 0.25) is 0 Å². The monoisotopic (exact) mass is 224 g/mol. The Kier molecular flexibility index (Phi) is 2.67. The molecule has 2 amide bonds. The van der Waals surface area contributed by atoms with Crippen LogP contribution in [-0.4, -0.2) is 40.0 Å². The molecular formula is C13H24N2O. The zero-order chi connectivity index (χ0) is 12.0. The minimum atomic E-state index is 0.0513. The number of nitrogens with zero attached hydrogens (tertiary/aromatic N) is 2. The molecule has 2 fully saturated rings. The van der Waals surface area contributed by atoms with Crippen molar-refractivity contribution in [2.24, 2.45) is 0 Å². The first-order chi connectivity index (χ1) is 7.34. The van der Waals surface area contributed by atoms with E-state index >= 15 is 0 Å². The number of hydrogen-bond donors (Lipinski definition) is 0. The number of carbonyl (C=O) groups is 1. The summed E-state index contributed by atoms with van der Waals surface area (Å²) in [6.07, 6.45) is 4.56. The van der Waals surface area contributed by atoms with Gasteiger partial charge < -0.3 is 9.80 Å². The summed E-state index contributed by atoms with van der Waals surface area (Å²) >= 11 is 0. The Balaban J connectivity index is 2.13. The second-order valence-corrected chi connectivity index (χ2v) is 6.42. The Hall–Kier alpha value is -0.730. The van der Waals surface area contributed by atoms with Crippen LogP contribution in [0.5, 0.6) is 0 Å². The number of hydrogen-bond acceptors (Lipinski definition) is 1. The fraction of sp³-hybridized carbons (Fsp3) is 0.923. The van der Waals surface area contributed by atoms with Crippen molar-refractivity contribution in [2.75, 3.05) is 13.1 Å². The van der Waals surface area contributed by atoms with Gasteiger partial charge in [0.05, 0.1) is 0 Å². The first kappa shape index (κ1) is 11.7. The summed E-state index contributed by atoms with van der Waals surface area (Å²) in [7, 11) is 0. The van der Waals surface area contributed by atoms with Gasteiger partial charge in [-0.1, -0.05) is 0 Å². The predicted octanol–water partition coefficient (Wildman–Crippen LogP) is 2.86. The van der Waals surface area contributed by atoms with Gasteiger partial charge in [-0.15, -0.1) is 0 Å². The average molecular weight is 224 g/mol. The van der Waals surface area contributed by atoms with Gasteiger partial charge in [0.1, 0.15) is 0 Å². The summed E-state index contributed by atoms with van der Waals surface area (Å²) in [5, 5.41) is 0. The van der Waals surface area contributed by atoms with Crippen LogP contribution >= 0.6 is 0 Å². The molecule has 0 saturated carbocycles. The fourth-order valence-corrected chi connectivity index (χ4v) is 3.07. The molecule has 0 spiro atoms. The number of rotatable bonds is 0. The normalized spacial score (nSPS) is 27.5. The molecule has 2 rings (SSSR count). The van der Waals surface area contributed by atoms with Crippen molar-refractivity contribution in [1.29, 1.82) is 0 Å². The molecule has 0 bridgehead atoms. The van der Waals surface area contributed by atoms with Crippen molar-refractivity contribution in [1.82, 2.24) is 9.80 Å². The van der Waals surface area contributed by atoms with E-state index in [1.807, 2.05) is 0 Å². The lowest BCUT2D eigenvalue weighted by molar-refractivity contribution is 0.103. The highest BCUT2D eigenvalue weighted by Gasteiger charge is 2.43. The third-order valence-electron chi connectivity index (χ3n) is 4.26. The molecule has 2 aliphatic rings. The Labute approximate surface area is 98.8 Å². The third kappa shape index (κ3) is 1.80. The smallest absolute Gasteiger partial charge is 0.320 e. The molecule has 0 radical (unpaired) electrons. The molecule has 2 aliphatic heterocycles. The minimum Gasteiger partial charge on any atom is -0.320 e. The summed E-state index contributed by atoms with van der Waals surface area (Å²) in [5.41, 5.74) is 0.103. The number of amides is 2. The van der Waals surface area contributed by atoms with E-state index in [2.05, 4.69) is 37.5 Å². The van der Waals surface area contributed by atoms with Gasteiger partial charge >= 0.3 is 6.03 Å². The van der Waals surface area contributed by atoms with Gasteiger partial charge in [-0.3, -0.25) is 0 Å². The molecule has 92 valence electrons. The zero-order valence-electron chi connectivity index (χ0n) is 11.0. The van der Waals surface area contributed by atoms with Crippen LogP contribution in [0, 0.1) is 0 Å². The molecule has 0 N–H and O–H groups in total. The second-order valence-electron chi connectivity index (χ2n) is 6.42. The quantitative estimate of drug-likeness (QED) is 0.620. The maximum absolute atomic E-state index is 12.5. The van der Waals surface area contributed by atoms with Gasteiger partial charge in [0, 0.05) is 24.2 Å². The first-order valence-corrected chi connectivity index (χ1v) is 6.44. The van der Waals surface area contributed by atoms with Crippen LogP contribution < -0.4 is 0 Å². The van der Waals surface area contributed by atoms with E-state index < -0.39 is 0 Å². The van der Waals surface area contributed by atoms with Gasteiger partial charge in [0.15, 0.2) is 0 Å². The topological polar surface area (TPSA) is 23.6 Å². The van der Waals surface area contributed by atoms with Crippen LogP contribution in [-0.2, 0) is 0 Å². The second kappa shape index (κ2) is 3.64. The molecule has 0 aromatic heterocycles. The number of likely N-dealkylation sites (tertiary alicyclic amines) is 2. The van der Waals surface area contributed by atoms with Crippen molar-refractivity contribution in [3.05, 3.63) is 0 Å². The van der Waals surface area contributed by atoms with Crippen molar-refractivity contribution in [2.45, 2.75) is 64.5 Å². The van der Waals surface area contributed by atoms with Crippen molar-refractivity contribution >= 4 is 6.03 Å². The van der Waals surface area contributed by atoms with Gasteiger partial charge in [-0.05, 0) is 53.4 Å². The molecule has 3 nitrogen and oxygen atoms in total. The fourth-order valence-electron chi connectivity index (χ4n) is 3.07. The lowest BCUT2D eigenvalue weighted by Crippen LogP contribution is -2.53. The molecule has 2 heterocycles. The van der Waals surface area contributed by atoms with Crippen molar-refractivity contribution in [3.8, 4) is 0 Å². The number of carbonyl (C=O) groups excluding carboxylic acids is 1. The third-order valence-corrected chi connectivity index (χ3v) is 4.26. The molecular weight excluding hydrogens is 200 g/mol. The predicted molar refractivity (Wildman–Crippen MR) is 65.4 cm³/mol. The van der Waals surface area contributed by atoms with Gasteiger partial charge in [0.25, 0.3) is 0 Å². The average Bonchev–Trinajstić information content (AvgIpc) is 2.67. The zero-order valence-corrected chi connectivity index (χ0v) is 11.0. The molecule has 2 saturated heterocycles. The Morgan fingerprint density at radius 3 is 1.50 bits per heavy atom. The summed E-state index contributed by atoms with van der Waals surface area (Å²) < 4.78 is 0. The van der Waals surface area contributed by atoms with E-state index in [4.69, 9.17) is 0 Å². The van der Waals surface area contributed by atoms with Crippen LogP contribution in [0.4, 0.5) is 4.79 Å². The van der Waals surface area contributed by atoms with E-state index in [9.17, 15) is 4.79 Å². The van der Waals surface area contributed by atoms with E-state index in [0.717, 1.165) is 38.8 Å². The lowest BCUT2D eigenvalue weighted by atomic mass is 10.0. The Morgan fingerprint density at radius 1 is 0.875 bits per heavy atom. The summed E-state index contributed by atoms with van der Waals surface area (Å²) in [5.74, 6) is 0. The van der Waals surface area contributed by atoms with Crippen LogP contribution in [0.3, 0.4) is 0 Å². The van der Waals surface area contributed by atoms with Crippen LogP contribution in [0.25, 0.3) is 0 Å². The van der Waals surface area contributed by atoms with Crippen LogP contribution in [0.15, 0.2) is 0 Å². The first-order valence-electron chi connectivity index (χ1n) is 6.44. The van der Waals surface area contributed by atoms with Gasteiger partial charge in [-0.25, -0.2) is 4.79 Å². The van der Waals surface area contributed by atoms with Gasteiger partial charge in [-0.2, -0.15) is 0 Å². The van der Waals surface area contributed by atoms with E-state index in [-0.39, 0.29) is 17.1 Å². The van der Waals surface area contributed by atoms with Crippen molar-refractivity contribution < 1.29 is 4.79 Å². The van der Waals surface area contributed by atoms with Gasteiger partial charge in [0.2, 0.25) is 0 Å². The maximum atomic E-state index is 12.5. The summed E-state index contributed by atoms with van der Waals surface area (Å²) in [6, 6.07) is 0.255. The SMILES string of the molecule is CC1(C)CCCN1C(=O)N1CCCC1(C)C. The molecule has 0 aliphatic carbocycles. The Bertz CT molecular complexity index is 268. The molecule has 0 aromatic rings. The van der Waals surface area contributed by atoms with E-state index in [1.165, 1.54) is 0 Å². The molecule has 16 heavy (non-hydrogen) atoms. The summed E-state index contributed by atoms with van der Waals surface area (Å²) in [4.78, 5) is 16.7. The highest BCUT2D eigenvalue weighted by atomic mass is 16.2. The van der Waals surface area contributed by atoms with Crippen LogP contribution in [0.1, 0.15) is 53.4 Å². The molecule has 0 aromatic carbocycles. The van der Waals surface area contributed by atoms with E-state index in [0.29, 0.717) is 0 Å². The van der Waals surface area contributed by atoms with Crippen molar-refractivity contribution in [3.63, 3.8) is 0 Å². The Morgan fingerprint density at radius 2 is 1.25 bits per heavy atom. The van der Waals surface area contributed by atoms with E-state index in [1.54, 1.807) is 0 Å². The highest BCUT2D eigenvalue weighted by molar-refractivity contribution is 5.76. The summed E-state index contributed by atoms with van der Waals surface area (Å²) in [6.45, 7) is 10.6. The number of urea groups is 1. The molecule has 0 atom stereocenters. The molecule has 3 heteroatoms. The standard InChI is InChI=1S/C13H24N2O/c1-12(2)7-5-9-14(12)11(16)15-10-6-8-13(15,3)4/h5-10H2,1-4H3. The maximum Gasteiger partial charge on any atom is 0.320 e. The molecule has 0 unspecified atom stereocenters. The lowest BCUT2D eigenvalue weighted by Gasteiger charge is -2.40. The largest absolute Gasteiger partial charge is 0.320 e. The minimum absolute atomic E-state index is 0.0513.